The molecule has 0 unspecified atom stereocenters. The highest BCUT2D eigenvalue weighted by molar-refractivity contribution is 7.89. The summed E-state index contributed by atoms with van der Waals surface area (Å²) in [5.74, 6) is -0.559. The van der Waals surface area contributed by atoms with Crippen molar-refractivity contribution in [3.8, 4) is 11.5 Å². The number of hydrazone groups is 1. The van der Waals surface area contributed by atoms with E-state index in [1.54, 1.807) is 0 Å². The van der Waals surface area contributed by atoms with Crippen molar-refractivity contribution in [2.45, 2.75) is 4.90 Å². The largest absolute Gasteiger partial charge is 0.493 e. The zero-order valence-electron chi connectivity index (χ0n) is 13.7. The standard InChI is InChI=1S/C15H14FN3O6S/c1-24-14-8-10(7-13(19(20)21)15(14)25-2)9-17-18-26(22,23)12-5-3-11(16)4-6-12/h3-9,18H,1-2H3/b17-9+. The molecule has 0 saturated carbocycles. The Morgan fingerprint density at radius 1 is 1.19 bits per heavy atom. The van der Waals surface area contributed by atoms with Gasteiger partial charge in [-0.25, -0.2) is 9.22 Å². The van der Waals surface area contributed by atoms with Crippen molar-refractivity contribution in [1.29, 1.82) is 0 Å². The summed E-state index contributed by atoms with van der Waals surface area (Å²) in [7, 11) is -1.44. The van der Waals surface area contributed by atoms with Gasteiger partial charge in [-0.15, -0.1) is 0 Å². The molecule has 0 aliphatic carbocycles. The van der Waals surface area contributed by atoms with Gasteiger partial charge < -0.3 is 9.47 Å². The van der Waals surface area contributed by atoms with Crippen molar-refractivity contribution in [3.05, 3.63) is 57.9 Å². The van der Waals surface area contributed by atoms with Gasteiger partial charge in [0, 0.05) is 11.6 Å². The van der Waals surface area contributed by atoms with E-state index >= 15 is 0 Å². The van der Waals surface area contributed by atoms with E-state index in [0.29, 0.717) is 0 Å². The fraction of sp³-hybridized carbons (Fsp3) is 0.133. The fourth-order valence-electron chi connectivity index (χ4n) is 2.01. The summed E-state index contributed by atoms with van der Waals surface area (Å²) in [4.78, 5) is 12.2. The van der Waals surface area contributed by atoms with Crippen molar-refractivity contribution in [2.75, 3.05) is 14.2 Å². The Morgan fingerprint density at radius 3 is 2.38 bits per heavy atom. The van der Waals surface area contributed by atoms with E-state index < -0.39 is 20.8 Å². The lowest BCUT2D eigenvalue weighted by atomic mass is 10.2. The minimum Gasteiger partial charge on any atom is -0.493 e. The molecule has 9 nitrogen and oxygen atoms in total. The summed E-state index contributed by atoms with van der Waals surface area (Å²) < 4.78 is 46.9. The lowest BCUT2D eigenvalue weighted by molar-refractivity contribution is -0.385. The second kappa shape index (κ2) is 7.78. The van der Waals surface area contributed by atoms with E-state index in [0.717, 1.165) is 36.5 Å². The third-order valence-corrected chi connectivity index (χ3v) is 4.43. The number of nitro groups is 1. The second-order valence-electron chi connectivity index (χ2n) is 4.84. The number of hydrogen-bond donors (Lipinski definition) is 1. The molecule has 138 valence electrons. The molecule has 0 bridgehead atoms. The monoisotopic (exact) mass is 383 g/mol. The first kappa shape index (κ1) is 19.1. The average molecular weight is 383 g/mol. The van der Waals surface area contributed by atoms with Gasteiger partial charge in [-0.1, -0.05) is 0 Å². The summed E-state index contributed by atoms with van der Waals surface area (Å²) >= 11 is 0. The van der Waals surface area contributed by atoms with E-state index in [1.807, 2.05) is 4.83 Å². The van der Waals surface area contributed by atoms with Gasteiger partial charge in [-0.3, -0.25) is 10.1 Å². The van der Waals surface area contributed by atoms with Gasteiger partial charge in [0.25, 0.3) is 10.0 Å². The average Bonchev–Trinajstić information content (AvgIpc) is 2.61. The molecule has 0 amide bonds. The highest BCUT2D eigenvalue weighted by Gasteiger charge is 2.21. The van der Waals surface area contributed by atoms with Crippen molar-refractivity contribution in [3.63, 3.8) is 0 Å². The maximum atomic E-state index is 12.9. The Hall–Kier alpha value is -3.21. The quantitative estimate of drug-likeness (QED) is 0.444. The Balaban J connectivity index is 2.29. The van der Waals surface area contributed by atoms with Gasteiger partial charge in [0.15, 0.2) is 5.75 Å². The van der Waals surface area contributed by atoms with E-state index in [4.69, 9.17) is 9.47 Å². The highest BCUT2D eigenvalue weighted by atomic mass is 32.2. The number of halogens is 1. The fourth-order valence-corrected chi connectivity index (χ4v) is 2.80. The van der Waals surface area contributed by atoms with Crippen molar-refractivity contribution in [1.82, 2.24) is 4.83 Å². The molecule has 0 fully saturated rings. The molecular weight excluding hydrogens is 369 g/mol. The van der Waals surface area contributed by atoms with Gasteiger partial charge in [0.2, 0.25) is 5.75 Å². The summed E-state index contributed by atoms with van der Waals surface area (Å²) in [5.41, 5.74) is -0.161. The lowest BCUT2D eigenvalue weighted by Gasteiger charge is -2.08. The molecule has 2 aromatic rings. The molecule has 0 aromatic heterocycles. The van der Waals surface area contributed by atoms with Crippen molar-refractivity contribution < 1.29 is 27.2 Å². The summed E-state index contributed by atoms with van der Waals surface area (Å²) in [6.45, 7) is 0. The molecule has 0 aliphatic heterocycles. The van der Waals surface area contributed by atoms with Crippen molar-refractivity contribution >= 4 is 21.9 Å². The Bertz CT molecular complexity index is 945. The molecule has 26 heavy (non-hydrogen) atoms. The molecule has 0 atom stereocenters. The number of nitro benzene ring substituents is 1. The van der Waals surface area contributed by atoms with Gasteiger partial charge in [-0.05, 0) is 30.3 Å². The van der Waals surface area contributed by atoms with E-state index in [9.17, 15) is 22.9 Å². The third kappa shape index (κ3) is 4.25. The smallest absolute Gasteiger partial charge is 0.315 e. The molecule has 0 radical (unpaired) electrons. The maximum absolute atomic E-state index is 12.9. The Morgan fingerprint density at radius 2 is 1.85 bits per heavy atom. The molecule has 0 heterocycles. The van der Waals surface area contributed by atoms with Gasteiger partial charge >= 0.3 is 5.69 Å². The van der Waals surface area contributed by atoms with Gasteiger partial charge in [-0.2, -0.15) is 13.5 Å². The predicted octanol–water partition coefficient (Wildman–Crippen LogP) is 2.06. The van der Waals surface area contributed by atoms with Crippen LogP contribution >= 0.6 is 0 Å². The Labute approximate surface area is 148 Å². The highest BCUT2D eigenvalue weighted by Crippen LogP contribution is 2.37. The topological polar surface area (TPSA) is 120 Å². The van der Waals surface area contributed by atoms with Gasteiger partial charge in [0.1, 0.15) is 5.82 Å². The first-order valence-corrected chi connectivity index (χ1v) is 8.47. The predicted molar refractivity (Wildman–Crippen MR) is 90.5 cm³/mol. The second-order valence-corrected chi connectivity index (χ2v) is 6.50. The zero-order valence-corrected chi connectivity index (χ0v) is 14.5. The van der Waals surface area contributed by atoms with Crippen LogP contribution in [0.25, 0.3) is 0 Å². The van der Waals surface area contributed by atoms with E-state index in [2.05, 4.69) is 5.10 Å². The molecule has 0 spiro atoms. The molecular formula is C15H14FN3O6S. The molecule has 2 rings (SSSR count). The molecule has 2 aromatic carbocycles. The lowest BCUT2D eigenvalue weighted by Crippen LogP contribution is -2.18. The number of nitrogens with one attached hydrogen (secondary N) is 1. The number of benzene rings is 2. The van der Waals surface area contributed by atoms with Crippen LogP contribution in [0.4, 0.5) is 10.1 Å². The molecule has 0 saturated heterocycles. The molecule has 1 N–H and O–H groups in total. The van der Waals surface area contributed by atoms with Crippen LogP contribution in [0.2, 0.25) is 0 Å². The number of nitrogens with zero attached hydrogens (tertiary/aromatic N) is 2. The van der Waals surface area contributed by atoms with Crippen LogP contribution in [0.15, 0.2) is 46.4 Å². The van der Waals surface area contributed by atoms with Crippen LogP contribution in [0, 0.1) is 15.9 Å². The normalized spacial score (nSPS) is 11.3. The first-order chi connectivity index (χ1) is 12.3. The first-order valence-electron chi connectivity index (χ1n) is 6.99. The summed E-state index contributed by atoms with van der Waals surface area (Å²) in [5, 5.41) is 14.7. The van der Waals surface area contributed by atoms with Crippen molar-refractivity contribution in [2.24, 2.45) is 5.10 Å². The third-order valence-electron chi connectivity index (χ3n) is 3.19. The number of methoxy groups -OCH3 is 2. The number of ether oxygens (including phenoxy) is 2. The summed E-state index contributed by atoms with van der Waals surface area (Å²) in [6.07, 6.45) is 1.07. The number of hydrogen-bond acceptors (Lipinski definition) is 7. The minimum atomic E-state index is -4.01. The van der Waals surface area contributed by atoms with Crippen LogP contribution < -0.4 is 14.3 Å². The van der Waals surface area contributed by atoms with Crippen LogP contribution in [-0.4, -0.2) is 33.8 Å². The summed E-state index contributed by atoms with van der Waals surface area (Å²) in [6, 6.07) is 6.69. The molecule has 0 aliphatic rings. The minimum absolute atomic E-state index is 0.0680. The van der Waals surface area contributed by atoms with Gasteiger partial charge in [0.05, 0.1) is 30.3 Å². The number of sulfonamides is 1. The Kier molecular flexibility index (Phi) is 5.72. The maximum Gasteiger partial charge on any atom is 0.315 e. The molecule has 11 heteroatoms. The SMILES string of the molecule is COc1cc(/C=N/NS(=O)(=O)c2ccc(F)cc2)cc([N+](=O)[O-])c1OC. The van der Waals surface area contributed by atoms with Crippen LogP contribution in [-0.2, 0) is 10.0 Å². The van der Waals surface area contributed by atoms with Crippen LogP contribution in [0.3, 0.4) is 0 Å². The zero-order chi connectivity index (χ0) is 19.3. The van der Waals surface area contributed by atoms with E-state index in [-0.39, 0.29) is 27.6 Å². The van der Waals surface area contributed by atoms with Crippen LogP contribution in [0.1, 0.15) is 5.56 Å². The van der Waals surface area contributed by atoms with Crippen LogP contribution in [0.5, 0.6) is 11.5 Å². The van der Waals surface area contributed by atoms with E-state index in [1.165, 1.54) is 20.3 Å². The number of rotatable bonds is 7.